The van der Waals surface area contributed by atoms with E-state index in [0.717, 1.165) is 4.68 Å². The number of carboxylic acids is 1. The Morgan fingerprint density at radius 3 is 2.58 bits per heavy atom. The molecule has 7 nitrogen and oxygen atoms in total. The predicted molar refractivity (Wildman–Crippen MR) is 68.1 cm³/mol. The Balaban J connectivity index is 2.82. The molecule has 0 saturated carbocycles. The molecule has 19 heavy (non-hydrogen) atoms. The first-order valence-electron chi connectivity index (χ1n) is 5.85. The SMILES string of the molecule is Cc1cc(C(=O)O)c(=O)n(CCCC(=O)N(C)C)n1. The van der Waals surface area contributed by atoms with Crippen molar-refractivity contribution in [2.75, 3.05) is 14.1 Å². The molecule has 0 atom stereocenters. The molecule has 1 heterocycles. The maximum atomic E-state index is 11.8. The van der Waals surface area contributed by atoms with E-state index < -0.39 is 11.5 Å². The molecule has 0 aliphatic heterocycles. The lowest BCUT2D eigenvalue weighted by molar-refractivity contribution is -0.128. The molecule has 0 radical (unpaired) electrons. The van der Waals surface area contributed by atoms with E-state index in [1.54, 1.807) is 21.0 Å². The van der Waals surface area contributed by atoms with Crippen LogP contribution in [-0.2, 0) is 11.3 Å². The van der Waals surface area contributed by atoms with Gasteiger partial charge in [-0.05, 0) is 19.4 Å². The van der Waals surface area contributed by atoms with Crippen LogP contribution in [0.1, 0.15) is 28.9 Å². The lowest BCUT2D eigenvalue weighted by atomic mass is 10.2. The number of carboxylic acid groups (broad SMARTS) is 1. The van der Waals surface area contributed by atoms with Crippen LogP contribution < -0.4 is 5.56 Å². The number of rotatable bonds is 5. The topological polar surface area (TPSA) is 92.5 Å². The molecule has 0 fully saturated rings. The van der Waals surface area contributed by atoms with Gasteiger partial charge < -0.3 is 10.0 Å². The van der Waals surface area contributed by atoms with Crippen LogP contribution in [0.25, 0.3) is 0 Å². The summed E-state index contributed by atoms with van der Waals surface area (Å²) < 4.78 is 1.10. The second-order valence-corrected chi connectivity index (χ2v) is 4.42. The van der Waals surface area contributed by atoms with E-state index in [1.165, 1.54) is 11.0 Å². The monoisotopic (exact) mass is 267 g/mol. The van der Waals surface area contributed by atoms with Gasteiger partial charge in [0.25, 0.3) is 5.56 Å². The minimum absolute atomic E-state index is 0.0424. The second kappa shape index (κ2) is 6.12. The zero-order valence-corrected chi connectivity index (χ0v) is 11.2. The summed E-state index contributed by atoms with van der Waals surface area (Å²) in [4.78, 5) is 35.5. The maximum absolute atomic E-state index is 11.8. The van der Waals surface area contributed by atoms with Crippen LogP contribution in [0, 0.1) is 6.92 Å². The van der Waals surface area contributed by atoms with E-state index in [2.05, 4.69) is 5.10 Å². The van der Waals surface area contributed by atoms with Crippen molar-refractivity contribution in [2.24, 2.45) is 0 Å². The molecule has 0 aromatic carbocycles. The molecule has 0 saturated heterocycles. The quantitative estimate of drug-likeness (QED) is 0.818. The summed E-state index contributed by atoms with van der Waals surface area (Å²) in [5, 5.41) is 12.9. The fourth-order valence-corrected chi connectivity index (χ4v) is 1.58. The molecule has 0 spiro atoms. The average Bonchev–Trinajstić information content (AvgIpc) is 2.32. The van der Waals surface area contributed by atoms with Crippen molar-refractivity contribution in [3.63, 3.8) is 0 Å². The summed E-state index contributed by atoms with van der Waals surface area (Å²) in [7, 11) is 3.31. The molecular weight excluding hydrogens is 250 g/mol. The minimum Gasteiger partial charge on any atom is -0.477 e. The van der Waals surface area contributed by atoms with Gasteiger partial charge in [0, 0.05) is 27.1 Å². The molecule has 0 aliphatic carbocycles. The van der Waals surface area contributed by atoms with Crippen molar-refractivity contribution >= 4 is 11.9 Å². The van der Waals surface area contributed by atoms with E-state index in [9.17, 15) is 14.4 Å². The third-order valence-corrected chi connectivity index (χ3v) is 2.59. The number of carbonyl (C=O) groups is 2. The third-order valence-electron chi connectivity index (χ3n) is 2.59. The summed E-state index contributed by atoms with van der Waals surface area (Å²) >= 11 is 0. The van der Waals surface area contributed by atoms with Gasteiger partial charge >= 0.3 is 5.97 Å². The summed E-state index contributed by atoms with van der Waals surface area (Å²) in [5.41, 5.74) is -0.488. The fourth-order valence-electron chi connectivity index (χ4n) is 1.58. The van der Waals surface area contributed by atoms with Crippen molar-refractivity contribution in [3.8, 4) is 0 Å². The fraction of sp³-hybridized carbons (Fsp3) is 0.500. The van der Waals surface area contributed by atoms with Crippen molar-refractivity contribution in [1.82, 2.24) is 14.7 Å². The molecule has 1 rings (SSSR count). The number of aromatic nitrogens is 2. The van der Waals surface area contributed by atoms with Crippen LogP contribution in [0.4, 0.5) is 0 Å². The summed E-state index contributed by atoms with van der Waals surface area (Å²) in [6, 6.07) is 1.24. The minimum atomic E-state index is -1.27. The Labute approximate surface area is 110 Å². The first kappa shape index (κ1) is 14.9. The Morgan fingerprint density at radius 2 is 2.05 bits per heavy atom. The van der Waals surface area contributed by atoms with Gasteiger partial charge in [-0.2, -0.15) is 5.10 Å². The summed E-state index contributed by atoms with van der Waals surface area (Å²) in [6.45, 7) is 1.84. The molecular formula is C12H17N3O4. The Morgan fingerprint density at radius 1 is 1.42 bits per heavy atom. The molecule has 7 heteroatoms. The lowest BCUT2D eigenvalue weighted by Crippen LogP contribution is -2.30. The Bertz CT molecular complexity index is 548. The van der Waals surface area contributed by atoms with E-state index in [-0.39, 0.29) is 24.4 Å². The number of nitrogens with zero attached hydrogens (tertiary/aromatic N) is 3. The molecule has 1 aromatic rings. The molecule has 1 N–H and O–H groups in total. The largest absolute Gasteiger partial charge is 0.477 e. The van der Waals surface area contributed by atoms with Gasteiger partial charge in [-0.3, -0.25) is 9.59 Å². The van der Waals surface area contributed by atoms with Crippen molar-refractivity contribution < 1.29 is 14.7 Å². The van der Waals surface area contributed by atoms with Crippen LogP contribution >= 0.6 is 0 Å². The number of hydrogen-bond donors (Lipinski definition) is 1. The van der Waals surface area contributed by atoms with Crippen LogP contribution in [-0.4, -0.2) is 45.8 Å². The summed E-state index contributed by atoms with van der Waals surface area (Å²) in [5.74, 6) is -1.31. The Kier molecular flexibility index (Phi) is 4.80. The molecule has 0 bridgehead atoms. The highest BCUT2D eigenvalue weighted by Crippen LogP contribution is 1.99. The number of aromatic carboxylic acids is 1. The van der Waals surface area contributed by atoms with Crippen molar-refractivity contribution in [1.29, 1.82) is 0 Å². The maximum Gasteiger partial charge on any atom is 0.341 e. The number of carbonyl (C=O) groups excluding carboxylic acids is 1. The van der Waals surface area contributed by atoms with E-state index in [1.807, 2.05) is 0 Å². The average molecular weight is 267 g/mol. The van der Waals surface area contributed by atoms with Crippen LogP contribution in [0.2, 0.25) is 0 Å². The number of aryl methyl sites for hydroxylation is 2. The van der Waals surface area contributed by atoms with E-state index in [4.69, 9.17) is 5.11 Å². The van der Waals surface area contributed by atoms with E-state index >= 15 is 0 Å². The molecule has 104 valence electrons. The highest BCUT2D eigenvalue weighted by Gasteiger charge is 2.13. The van der Waals surface area contributed by atoms with Crippen LogP contribution in [0.3, 0.4) is 0 Å². The first-order valence-corrected chi connectivity index (χ1v) is 5.85. The van der Waals surface area contributed by atoms with Gasteiger partial charge in [-0.15, -0.1) is 0 Å². The smallest absolute Gasteiger partial charge is 0.341 e. The molecule has 1 aromatic heterocycles. The van der Waals surface area contributed by atoms with Gasteiger partial charge in [-0.25, -0.2) is 9.48 Å². The normalized spacial score (nSPS) is 10.3. The zero-order valence-electron chi connectivity index (χ0n) is 11.2. The number of amides is 1. The molecule has 0 unspecified atom stereocenters. The van der Waals surface area contributed by atoms with Gasteiger partial charge in [-0.1, -0.05) is 0 Å². The highest BCUT2D eigenvalue weighted by atomic mass is 16.4. The first-order chi connectivity index (χ1) is 8.82. The van der Waals surface area contributed by atoms with Crippen LogP contribution in [0.15, 0.2) is 10.9 Å². The lowest BCUT2D eigenvalue weighted by Gasteiger charge is -2.10. The van der Waals surface area contributed by atoms with Gasteiger partial charge in [0.1, 0.15) is 5.56 Å². The van der Waals surface area contributed by atoms with Gasteiger partial charge in [0.15, 0.2) is 0 Å². The second-order valence-electron chi connectivity index (χ2n) is 4.42. The zero-order chi connectivity index (χ0) is 14.6. The third kappa shape index (κ3) is 3.90. The standard InChI is InChI=1S/C12H17N3O4/c1-8-7-9(12(18)19)11(17)15(13-8)6-4-5-10(16)14(2)3/h7H,4-6H2,1-3H3,(H,18,19). The van der Waals surface area contributed by atoms with Crippen LogP contribution in [0.5, 0.6) is 0 Å². The van der Waals surface area contributed by atoms with E-state index in [0.29, 0.717) is 12.1 Å². The van der Waals surface area contributed by atoms with Crippen molar-refractivity contribution in [3.05, 3.63) is 27.7 Å². The Hall–Kier alpha value is -2.18. The molecule has 1 amide bonds. The predicted octanol–water partition coefficient (Wildman–Crippen LogP) is 0.118. The highest BCUT2D eigenvalue weighted by molar-refractivity contribution is 5.87. The van der Waals surface area contributed by atoms with Gasteiger partial charge in [0.05, 0.1) is 5.69 Å². The summed E-state index contributed by atoms with van der Waals surface area (Å²) in [6.07, 6.45) is 0.726. The van der Waals surface area contributed by atoms with Crippen molar-refractivity contribution in [2.45, 2.75) is 26.3 Å². The number of hydrogen-bond acceptors (Lipinski definition) is 4. The van der Waals surface area contributed by atoms with Gasteiger partial charge in [0.2, 0.25) is 5.91 Å². The molecule has 0 aliphatic rings.